The second kappa shape index (κ2) is 14.9. The number of rotatable bonds is 12. The van der Waals surface area contributed by atoms with E-state index in [9.17, 15) is 14.4 Å². The van der Waals surface area contributed by atoms with Crippen molar-refractivity contribution in [2.45, 2.75) is 122 Å². The molecule has 3 aliphatic heterocycles. The van der Waals surface area contributed by atoms with Crippen molar-refractivity contribution in [3.8, 4) is 0 Å². The molecule has 2 unspecified atom stereocenters. The Labute approximate surface area is 239 Å². The van der Waals surface area contributed by atoms with Crippen molar-refractivity contribution >= 4 is 17.8 Å². The normalized spacial score (nSPS) is 33.2. The van der Waals surface area contributed by atoms with Gasteiger partial charge in [-0.3, -0.25) is 14.4 Å². The average Bonchev–Trinajstić information content (AvgIpc) is 3.62. The summed E-state index contributed by atoms with van der Waals surface area (Å²) in [7, 11) is 0. The summed E-state index contributed by atoms with van der Waals surface area (Å²) in [6, 6.07) is -0.0881. The van der Waals surface area contributed by atoms with Gasteiger partial charge < -0.3 is 29.6 Å². The number of carbonyl (C=O) groups is 3. The third-order valence-electron chi connectivity index (χ3n) is 7.74. The second-order valence-corrected chi connectivity index (χ2v) is 11.7. The molecule has 8 atom stereocenters. The SMILES string of the molecule is CCCNC(=O)C[C@@H]1C[C@@]2(CO2)C[C@@H](/C=C/C(C)=C/CC2OC(C)[C@H](NC(=O)/C=C\[C@H](C)OC(C)=O)C[C@@H]2C)O1. The summed E-state index contributed by atoms with van der Waals surface area (Å²) in [6.45, 7) is 12.7. The lowest BCUT2D eigenvalue weighted by Gasteiger charge is -2.39. The van der Waals surface area contributed by atoms with E-state index >= 15 is 0 Å². The molecular formula is C31H48N2O7. The zero-order chi connectivity index (χ0) is 29.3. The summed E-state index contributed by atoms with van der Waals surface area (Å²) in [5, 5.41) is 5.96. The van der Waals surface area contributed by atoms with Gasteiger partial charge in [0.2, 0.25) is 11.8 Å². The Morgan fingerprint density at radius 3 is 2.55 bits per heavy atom. The average molecular weight is 561 g/mol. The summed E-state index contributed by atoms with van der Waals surface area (Å²) < 4.78 is 23.3. The lowest BCUT2D eigenvalue weighted by molar-refractivity contribution is -0.143. The molecule has 1 spiro atoms. The molecule has 3 fully saturated rings. The molecule has 0 aromatic carbocycles. The molecule has 0 aromatic rings. The number of nitrogens with one attached hydrogen (secondary N) is 2. The van der Waals surface area contributed by atoms with Crippen molar-refractivity contribution < 1.29 is 33.3 Å². The van der Waals surface area contributed by atoms with Gasteiger partial charge in [-0.05, 0) is 52.0 Å². The molecular weight excluding hydrogens is 512 g/mol. The van der Waals surface area contributed by atoms with Gasteiger partial charge in [-0.25, -0.2) is 0 Å². The quantitative estimate of drug-likeness (QED) is 0.161. The fraction of sp³-hybridized carbons (Fsp3) is 0.710. The fourth-order valence-electron chi connectivity index (χ4n) is 5.42. The number of hydrogen-bond donors (Lipinski definition) is 2. The third kappa shape index (κ3) is 10.5. The Hall–Kier alpha value is -2.49. The maximum atomic E-state index is 12.4. The van der Waals surface area contributed by atoms with Crippen LogP contribution in [0.25, 0.3) is 0 Å². The van der Waals surface area contributed by atoms with E-state index in [-0.39, 0.29) is 59.8 Å². The van der Waals surface area contributed by atoms with Crippen LogP contribution in [0.3, 0.4) is 0 Å². The largest absolute Gasteiger partial charge is 0.459 e. The standard InChI is InChI=1S/C31H48N2O7/c1-7-14-32-30(36)16-26-18-31(19-37-31)17-25(40-26)11-8-20(2)9-12-28-21(3)15-27(23(5)39-28)33-29(35)13-10-22(4)38-24(6)34/h8-11,13,21-23,25-28H,7,12,14-19H2,1-6H3,(H,32,36)(H,33,35)/b11-8+,13-10-,20-9+/t21-,22-,23?,25+,26+,27+,28?,31+/m0/s1. The van der Waals surface area contributed by atoms with E-state index in [2.05, 4.69) is 42.7 Å². The number of allylic oxidation sites excluding steroid dienone is 2. The molecule has 2 amide bonds. The van der Waals surface area contributed by atoms with Crippen LogP contribution in [0.2, 0.25) is 0 Å². The summed E-state index contributed by atoms with van der Waals surface area (Å²) in [5.74, 6) is -0.302. The molecule has 2 N–H and O–H groups in total. The molecule has 0 radical (unpaired) electrons. The molecule has 3 heterocycles. The van der Waals surface area contributed by atoms with Gasteiger partial charge in [0.15, 0.2) is 0 Å². The molecule has 224 valence electrons. The zero-order valence-electron chi connectivity index (χ0n) is 24.9. The Bertz CT molecular complexity index is 971. The minimum atomic E-state index is -0.457. The Balaban J connectivity index is 1.46. The highest BCUT2D eigenvalue weighted by atomic mass is 16.6. The Morgan fingerprint density at radius 1 is 1.12 bits per heavy atom. The number of esters is 1. The van der Waals surface area contributed by atoms with Crippen LogP contribution >= 0.6 is 0 Å². The van der Waals surface area contributed by atoms with Crippen molar-refractivity contribution in [2.24, 2.45) is 5.92 Å². The van der Waals surface area contributed by atoms with Crippen LogP contribution in [0, 0.1) is 5.92 Å². The molecule has 9 nitrogen and oxygen atoms in total. The highest BCUT2D eigenvalue weighted by Gasteiger charge is 2.51. The van der Waals surface area contributed by atoms with Gasteiger partial charge in [0.1, 0.15) is 6.10 Å². The highest BCUT2D eigenvalue weighted by Crippen LogP contribution is 2.43. The van der Waals surface area contributed by atoms with Crippen LogP contribution in [-0.2, 0) is 33.3 Å². The van der Waals surface area contributed by atoms with Gasteiger partial charge in [-0.2, -0.15) is 0 Å². The van der Waals surface area contributed by atoms with Crippen LogP contribution < -0.4 is 10.6 Å². The summed E-state index contributed by atoms with van der Waals surface area (Å²) in [4.78, 5) is 35.6. The van der Waals surface area contributed by atoms with E-state index in [0.29, 0.717) is 13.0 Å². The first-order valence-corrected chi connectivity index (χ1v) is 14.7. The third-order valence-corrected chi connectivity index (χ3v) is 7.74. The van der Waals surface area contributed by atoms with Gasteiger partial charge in [0.05, 0.1) is 49.1 Å². The van der Waals surface area contributed by atoms with Gasteiger partial charge in [-0.15, -0.1) is 0 Å². The Kier molecular flexibility index (Phi) is 12.0. The molecule has 3 saturated heterocycles. The van der Waals surface area contributed by atoms with Crippen molar-refractivity contribution in [1.82, 2.24) is 10.6 Å². The predicted octanol–water partition coefficient (Wildman–Crippen LogP) is 3.92. The van der Waals surface area contributed by atoms with Gasteiger partial charge >= 0.3 is 5.97 Å². The first-order chi connectivity index (χ1) is 19.0. The van der Waals surface area contributed by atoms with E-state index < -0.39 is 6.10 Å². The van der Waals surface area contributed by atoms with Crippen LogP contribution in [-0.4, -0.2) is 73.1 Å². The van der Waals surface area contributed by atoms with E-state index in [4.69, 9.17) is 18.9 Å². The minimum Gasteiger partial charge on any atom is -0.459 e. The van der Waals surface area contributed by atoms with E-state index in [1.807, 2.05) is 13.8 Å². The first kappa shape index (κ1) is 32.0. The zero-order valence-corrected chi connectivity index (χ0v) is 24.9. The molecule has 40 heavy (non-hydrogen) atoms. The molecule has 0 aliphatic carbocycles. The van der Waals surface area contributed by atoms with Crippen molar-refractivity contribution in [1.29, 1.82) is 0 Å². The molecule has 0 aromatic heterocycles. The van der Waals surface area contributed by atoms with Gasteiger partial charge in [0, 0.05) is 32.4 Å². The second-order valence-electron chi connectivity index (χ2n) is 11.7. The van der Waals surface area contributed by atoms with Crippen LogP contribution in [0.4, 0.5) is 0 Å². The topological polar surface area (TPSA) is 115 Å². The molecule has 0 saturated carbocycles. The smallest absolute Gasteiger partial charge is 0.303 e. The van der Waals surface area contributed by atoms with E-state index in [1.54, 1.807) is 13.0 Å². The number of epoxide rings is 1. The highest BCUT2D eigenvalue weighted by molar-refractivity contribution is 5.87. The van der Waals surface area contributed by atoms with Crippen LogP contribution in [0.5, 0.6) is 0 Å². The summed E-state index contributed by atoms with van der Waals surface area (Å²) in [5.41, 5.74) is 0.993. The number of ether oxygens (including phenoxy) is 4. The Morgan fingerprint density at radius 2 is 1.88 bits per heavy atom. The summed E-state index contributed by atoms with van der Waals surface area (Å²) >= 11 is 0. The predicted molar refractivity (Wildman–Crippen MR) is 152 cm³/mol. The molecule has 3 aliphatic rings. The molecule has 3 rings (SSSR count). The summed E-state index contributed by atoms with van der Waals surface area (Å²) in [6.07, 6.45) is 13.1. The molecule has 0 bridgehead atoms. The van der Waals surface area contributed by atoms with Crippen molar-refractivity contribution in [2.75, 3.05) is 13.2 Å². The lowest BCUT2D eigenvalue weighted by atomic mass is 9.88. The number of hydrogen-bond acceptors (Lipinski definition) is 7. The maximum absolute atomic E-state index is 12.4. The van der Waals surface area contributed by atoms with Gasteiger partial charge in [-0.1, -0.05) is 37.6 Å². The molecule has 9 heteroatoms. The maximum Gasteiger partial charge on any atom is 0.303 e. The van der Waals surface area contributed by atoms with Gasteiger partial charge in [0.25, 0.3) is 0 Å². The number of amides is 2. The first-order valence-electron chi connectivity index (χ1n) is 14.7. The fourth-order valence-corrected chi connectivity index (χ4v) is 5.42. The van der Waals surface area contributed by atoms with Crippen molar-refractivity contribution in [3.05, 3.63) is 36.0 Å². The van der Waals surface area contributed by atoms with Crippen molar-refractivity contribution in [3.63, 3.8) is 0 Å². The minimum absolute atomic E-state index is 0.0336. The monoisotopic (exact) mass is 560 g/mol. The van der Waals surface area contributed by atoms with Crippen LogP contribution in [0.15, 0.2) is 36.0 Å². The lowest BCUT2D eigenvalue weighted by Crippen LogP contribution is -2.50. The van der Waals surface area contributed by atoms with Crippen LogP contribution in [0.1, 0.15) is 80.1 Å². The van der Waals surface area contributed by atoms with E-state index in [0.717, 1.165) is 44.3 Å². The van der Waals surface area contributed by atoms with E-state index in [1.165, 1.54) is 13.0 Å². The number of carbonyl (C=O) groups excluding carboxylic acids is 3.